The molecule has 0 unspecified atom stereocenters. The lowest BCUT2D eigenvalue weighted by atomic mass is 10.1. The number of carbonyl (C=O) groups is 2. The van der Waals surface area contributed by atoms with E-state index in [0.29, 0.717) is 5.56 Å². The topological polar surface area (TPSA) is 58.2 Å². The highest BCUT2D eigenvalue weighted by atomic mass is 19.1. The van der Waals surface area contributed by atoms with E-state index in [1.165, 1.54) is 19.1 Å². The number of benzene rings is 2. The van der Waals surface area contributed by atoms with Gasteiger partial charge in [0.2, 0.25) is 11.7 Å². The van der Waals surface area contributed by atoms with Crippen LogP contribution in [0.25, 0.3) is 0 Å². The summed E-state index contributed by atoms with van der Waals surface area (Å²) in [7, 11) is 0. The molecule has 2 rings (SSSR count). The SMILES string of the molecule is CC(=O)N[C@H](Nc1ccccc1F)C(=O)c1ccccc1. The van der Waals surface area contributed by atoms with Gasteiger partial charge in [-0.1, -0.05) is 42.5 Å². The zero-order valence-corrected chi connectivity index (χ0v) is 11.5. The molecule has 0 spiro atoms. The van der Waals surface area contributed by atoms with Crippen LogP contribution in [0, 0.1) is 5.82 Å². The van der Waals surface area contributed by atoms with Crippen molar-refractivity contribution in [3.8, 4) is 0 Å². The third-order valence-corrected chi connectivity index (χ3v) is 2.84. The van der Waals surface area contributed by atoms with Crippen molar-refractivity contribution in [2.24, 2.45) is 0 Å². The molecule has 0 heterocycles. The lowest BCUT2D eigenvalue weighted by molar-refractivity contribution is -0.119. The quantitative estimate of drug-likeness (QED) is 0.656. The van der Waals surface area contributed by atoms with E-state index in [9.17, 15) is 14.0 Å². The highest BCUT2D eigenvalue weighted by Crippen LogP contribution is 2.14. The van der Waals surface area contributed by atoms with Crippen LogP contribution in [0.15, 0.2) is 54.6 Å². The third-order valence-electron chi connectivity index (χ3n) is 2.84. The van der Waals surface area contributed by atoms with Gasteiger partial charge in [-0.15, -0.1) is 0 Å². The molecule has 2 aromatic carbocycles. The fourth-order valence-corrected chi connectivity index (χ4v) is 1.87. The molecule has 2 aromatic rings. The Morgan fingerprint density at radius 2 is 1.62 bits per heavy atom. The second-order valence-electron chi connectivity index (χ2n) is 4.49. The Bertz CT molecular complexity index is 644. The minimum absolute atomic E-state index is 0.153. The Kier molecular flexibility index (Phi) is 4.66. The average molecular weight is 286 g/mol. The monoisotopic (exact) mass is 286 g/mol. The molecule has 0 aliphatic heterocycles. The zero-order valence-electron chi connectivity index (χ0n) is 11.5. The highest BCUT2D eigenvalue weighted by molar-refractivity contribution is 6.03. The molecule has 108 valence electrons. The van der Waals surface area contributed by atoms with Crippen molar-refractivity contribution in [1.29, 1.82) is 0 Å². The summed E-state index contributed by atoms with van der Waals surface area (Å²) in [6.07, 6.45) is -1.03. The lowest BCUT2D eigenvalue weighted by Gasteiger charge is -2.19. The summed E-state index contributed by atoms with van der Waals surface area (Å²) in [6, 6.07) is 14.5. The Balaban J connectivity index is 2.25. The highest BCUT2D eigenvalue weighted by Gasteiger charge is 2.21. The number of nitrogens with one attached hydrogen (secondary N) is 2. The van der Waals surface area contributed by atoms with Gasteiger partial charge in [-0.2, -0.15) is 0 Å². The number of anilines is 1. The zero-order chi connectivity index (χ0) is 15.2. The second-order valence-corrected chi connectivity index (χ2v) is 4.49. The van der Waals surface area contributed by atoms with Gasteiger partial charge in [-0.3, -0.25) is 9.59 Å². The van der Waals surface area contributed by atoms with Gasteiger partial charge in [0.05, 0.1) is 5.69 Å². The molecule has 2 N–H and O–H groups in total. The largest absolute Gasteiger partial charge is 0.356 e. The van der Waals surface area contributed by atoms with Gasteiger partial charge < -0.3 is 10.6 Å². The van der Waals surface area contributed by atoms with Crippen molar-refractivity contribution in [2.75, 3.05) is 5.32 Å². The summed E-state index contributed by atoms with van der Waals surface area (Å²) >= 11 is 0. The second kappa shape index (κ2) is 6.65. The molecule has 0 aliphatic carbocycles. The molecule has 0 fully saturated rings. The fourth-order valence-electron chi connectivity index (χ4n) is 1.87. The van der Waals surface area contributed by atoms with Gasteiger partial charge >= 0.3 is 0 Å². The first-order valence-corrected chi connectivity index (χ1v) is 6.45. The minimum Gasteiger partial charge on any atom is -0.356 e. The molecule has 4 nitrogen and oxygen atoms in total. The normalized spacial score (nSPS) is 11.5. The van der Waals surface area contributed by atoms with E-state index in [1.807, 2.05) is 0 Å². The first-order valence-electron chi connectivity index (χ1n) is 6.45. The molecule has 21 heavy (non-hydrogen) atoms. The maximum Gasteiger partial charge on any atom is 0.218 e. The van der Waals surface area contributed by atoms with Crippen LogP contribution in [0.3, 0.4) is 0 Å². The smallest absolute Gasteiger partial charge is 0.218 e. The first-order chi connectivity index (χ1) is 10.1. The summed E-state index contributed by atoms with van der Waals surface area (Å²) in [5.41, 5.74) is 0.584. The van der Waals surface area contributed by atoms with E-state index >= 15 is 0 Å². The van der Waals surface area contributed by atoms with Crippen molar-refractivity contribution in [3.63, 3.8) is 0 Å². The Hall–Kier alpha value is -2.69. The number of hydrogen-bond acceptors (Lipinski definition) is 3. The number of Topliss-reactive ketones (excluding diaryl/α,β-unsaturated/α-hetero) is 1. The lowest BCUT2D eigenvalue weighted by Crippen LogP contribution is -2.45. The van der Waals surface area contributed by atoms with Gasteiger partial charge in [0, 0.05) is 12.5 Å². The fraction of sp³-hybridized carbons (Fsp3) is 0.125. The van der Waals surface area contributed by atoms with Crippen LogP contribution in [-0.4, -0.2) is 17.9 Å². The summed E-state index contributed by atoms with van der Waals surface area (Å²) in [4.78, 5) is 23.7. The van der Waals surface area contributed by atoms with Crippen LogP contribution >= 0.6 is 0 Å². The molecule has 0 bridgehead atoms. The maximum absolute atomic E-state index is 13.7. The summed E-state index contributed by atoms with van der Waals surface area (Å²) in [5, 5.41) is 5.21. The predicted octanol–water partition coefficient (Wildman–Crippen LogP) is 2.58. The van der Waals surface area contributed by atoms with Crippen LogP contribution < -0.4 is 10.6 Å². The van der Waals surface area contributed by atoms with E-state index < -0.39 is 12.0 Å². The molecule has 1 amide bonds. The third kappa shape index (κ3) is 3.89. The number of para-hydroxylation sites is 1. The molecule has 0 radical (unpaired) electrons. The van der Waals surface area contributed by atoms with E-state index in [0.717, 1.165) is 0 Å². The number of hydrogen-bond donors (Lipinski definition) is 2. The Morgan fingerprint density at radius 3 is 2.24 bits per heavy atom. The van der Waals surface area contributed by atoms with Crippen LogP contribution in [0.1, 0.15) is 17.3 Å². The van der Waals surface area contributed by atoms with Gasteiger partial charge in [0.1, 0.15) is 5.82 Å². The summed E-state index contributed by atoms with van der Waals surface area (Å²) in [5.74, 6) is -1.21. The number of rotatable bonds is 5. The van der Waals surface area contributed by atoms with Gasteiger partial charge in [0.25, 0.3) is 0 Å². The van der Waals surface area contributed by atoms with E-state index in [-0.39, 0.29) is 17.4 Å². The summed E-state index contributed by atoms with van der Waals surface area (Å²) < 4.78 is 13.7. The molecule has 0 saturated carbocycles. The van der Waals surface area contributed by atoms with Gasteiger partial charge in [-0.25, -0.2) is 4.39 Å². The van der Waals surface area contributed by atoms with Crippen molar-refractivity contribution in [2.45, 2.75) is 13.1 Å². The van der Waals surface area contributed by atoms with Crippen LogP contribution in [0.5, 0.6) is 0 Å². The van der Waals surface area contributed by atoms with Gasteiger partial charge in [-0.05, 0) is 12.1 Å². The molecule has 1 atom stereocenters. The van der Waals surface area contributed by atoms with Crippen molar-refractivity contribution < 1.29 is 14.0 Å². The minimum atomic E-state index is -1.03. The molecule has 0 aromatic heterocycles. The molecule has 5 heteroatoms. The van der Waals surface area contributed by atoms with Crippen molar-refractivity contribution in [3.05, 3.63) is 66.0 Å². The molecule has 0 saturated heterocycles. The average Bonchev–Trinajstić information content (AvgIpc) is 2.48. The van der Waals surface area contributed by atoms with E-state index in [1.54, 1.807) is 42.5 Å². The van der Waals surface area contributed by atoms with Crippen molar-refractivity contribution >= 4 is 17.4 Å². The van der Waals surface area contributed by atoms with Gasteiger partial charge in [0.15, 0.2) is 6.17 Å². The maximum atomic E-state index is 13.7. The van der Waals surface area contributed by atoms with Crippen LogP contribution in [0.2, 0.25) is 0 Å². The summed E-state index contributed by atoms with van der Waals surface area (Å²) in [6.45, 7) is 1.30. The van der Waals surface area contributed by atoms with E-state index in [2.05, 4.69) is 10.6 Å². The number of amides is 1. The Morgan fingerprint density at radius 1 is 1.00 bits per heavy atom. The molecule has 0 aliphatic rings. The first kappa shape index (κ1) is 14.7. The Labute approximate surface area is 122 Å². The standard InChI is InChI=1S/C16H15FN2O2/c1-11(20)18-16(15(21)12-7-3-2-4-8-12)19-14-10-6-5-9-13(14)17/h2-10,16,19H,1H3,(H,18,20)/t16-/m1/s1. The van der Waals surface area contributed by atoms with Crippen molar-refractivity contribution in [1.82, 2.24) is 5.32 Å². The number of carbonyl (C=O) groups excluding carboxylic acids is 2. The number of halogens is 1. The molecular weight excluding hydrogens is 271 g/mol. The number of ketones is 1. The van der Waals surface area contributed by atoms with E-state index in [4.69, 9.17) is 0 Å². The van der Waals surface area contributed by atoms with Crippen LogP contribution in [0.4, 0.5) is 10.1 Å². The predicted molar refractivity (Wildman–Crippen MR) is 78.4 cm³/mol. The van der Waals surface area contributed by atoms with Crippen LogP contribution in [-0.2, 0) is 4.79 Å². The molecular formula is C16H15FN2O2.